The van der Waals surface area contributed by atoms with E-state index in [-0.39, 0.29) is 17.2 Å². The first-order valence-corrected chi connectivity index (χ1v) is 5.68. The second kappa shape index (κ2) is 4.01. The van der Waals surface area contributed by atoms with Gasteiger partial charge < -0.3 is 16.8 Å². The molecule has 0 aliphatic carbocycles. The smallest absolute Gasteiger partial charge is 0.385 e. The van der Waals surface area contributed by atoms with Crippen LogP contribution in [0.2, 0.25) is 0 Å². The normalized spacial score (nSPS) is 27.6. The van der Waals surface area contributed by atoms with Crippen molar-refractivity contribution in [2.75, 3.05) is 6.54 Å². The Bertz CT molecular complexity index is 461. The Morgan fingerprint density at radius 3 is 2.72 bits per heavy atom. The minimum absolute atomic E-state index is 0.0334. The highest BCUT2D eigenvalue weighted by Gasteiger charge is 2.47. The number of nitrogens with zero attached hydrogens (tertiary/aromatic N) is 1. The Morgan fingerprint density at radius 2 is 2.17 bits per heavy atom. The number of alkyl halides is 3. The highest BCUT2D eigenvalue weighted by atomic mass is 19.4. The Morgan fingerprint density at radius 1 is 1.50 bits per heavy atom. The minimum atomic E-state index is -4.42. The van der Waals surface area contributed by atoms with Gasteiger partial charge in [0.25, 0.3) is 0 Å². The molecule has 0 bridgehead atoms. The van der Waals surface area contributed by atoms with Crippen molar-refractivity contribution >= 4 is 5.84 Å². The van der Waals surface area contributed by atoms with Gasteiger partial charge in [-0.25, -0.2) is 0 Å². The molecule has 1 atom stereocenters. The molecule has 0 aromatic heterocycles. The van der Waals surface area contributed by atoms with E-state index in [1.165, 1.54) is 6.08 Å². The summed E-state index contributed by atoms with van der Waals surface area (Å²) in [6.07, 6.45) is -1.92. The predicted molar refractivity (Wildman–Crippen MR) is 62.6 cm³/mol. The third kappa shape index (κ3) is 1.98. The SMILES string of the molecule is CCCC1(N)C=C(N)NC2=NCC(C(F)(F)F)=C21. The van der Waals surface area contributed by atoms with Crippen LogP contribution < -0.4 is 16.8 Å². The highest BCUT2D eigenvalue weighted by Crippen LogP contribution is 2.39. The molecule has 0 aromatic rings. The van der Waals surface area contributed by atoms with Crippen LogP contribution in [-0.2, 0) is 0 Å². The second-order valence-corrected chi connectivity index (χ2v) is 4.53. The molecule has 0 fully saturated rings. The lowest BCUT2D eigenvalue weighted by Crippen LogP contribution is -2.51. The molecular weight excluding hydrogens is 245 g/mol. The number of rotatable bonds is 2. The summed E-state index contributed by atoms with van der Waals surface area (Å²) in [4.78, 5) is 3.84. The van der Waals surface area contributed by atoms with Gasteiger partial charge in [0.15, 0.2) is 0 Å². The van der Waals surface area contributed by atoms with Crippen molar-refractivity contribution < 1.29 is 13.2 Å². The van der Waals surface area contributed by atoms with Crippen LogP contribution in [0, 0.1) is 0 Å². The van der Waals surface area contributed by atoms with E-state index in [2.05, 4.69) is 10.3 Å². The maximum absolute atomic E-state index is 12.9. The number of halogens is 3. The summed E-state index contributed by atoms with van der Waals surface area (Å²) in [6, 6.07) is 0. The predicted octanol–water partition coefficient (Wildman–Crippen LogP) is 1.16. The van der Waals surface area contributed by atoms with Crippen molar-refractivity contribution in [3.63, 3.8) is 0 Å². The molecule has 2 heterocycles. The fourth-order valence-corrected chi connectivity index (χ4v) is 2.43. The first-order valence-electron chi connectivity index (χ1n) is 5.68. The molecule has 18 heavy (non-hydrogen) atoms. The number of amidine groups is 1. The van der Waals surface area contributed by atoms with E-state index in [1.54, 1.807) is 0 Å². The largest absolute Gasteiger partial charge is 0.414 e. The molecule has 2 rings (SSSR count). The summed E-state index contributed by atoms with van der Waals surface area (Å²) >= 11 is 0. The van der Waals surface area contributed by atoms with Crippen LogP contribution in [0.15, 0.2) is 28.0 Å². The second-order valence-electron chi connectivity index (χ2n) is 4.53. The van der Waals surface area contributed by atoms with E-state index in [9.17, 15) is 13.2 Å². The van der Waals surface area contributed by atoms with Gasteiger partial charge in [0.1, 0.15) is 5.84 Å². The van der Waals surface area contributed by atoms with E-state index in [0.717, 1.165) is 0 Å². The molecule has 2 aliphatic heterocycles. The van der Waals surface area contributed by atoms with E-state index in [0.29, 0.717) is 12.8 Å². The topological polar surface area (TPSA) is 76.4 Å². The Balaban J connectivity index is 2.56. The monoisotopic (exact) mass is 260 g/mol. The lowest BCUT2D eigenvalue weighted by Gasteiger charge is -2.34. The summed E-state index contributed by atoms with van der Waals surface area (Å²) < 4.78 is 38.8. The standard InChI is InChI=1S/C11H15F3N4/c1-2-3-10(16)4-7(15)18-9-8(10)6(5-17-9)11(12,13)14/h4H,2-3,5,15-16H2,1H3,(H,17,18). The van der Waals surface area contributed by atoms with Crippen molar-refractivity contribution in [1.29, 1.82) is 0 Å². The van der Waals surface area contributed by atoms with Crippen LogP contribution >= 0.6 is 0 Å². The van der Waals surface area contributed by atoms with Gasteiger partial charge in [-0.3, -0.25) is 4.99 Å². The molecule has 0 radical (unpaired) electrons. The van der Waals surface area contributed by atoms with Crippen molar-refractivity contribution in [2.45, 2.75) is 31.5 Å². The number of nitrogens with two attached hydrogens (primary N) is 2. The molecule has 1 unspecified atom stereocenters. The summed E-state index contributed by atoms with van der Waals surface area (Å²) in [5, 5.41) is 2.64. The van der Waals surface area contributed by atoms with Gasteiger partial charge >= 0.3 is 6.18 Å². The first-order chi connectivity index (χ1) is 8.28. The van der Waals surface area contributed by atoms with Gasteiger partial charge in [-0.1, -0.05) is 13.3 Å². The van der Waals surface area contributed by atoms with Gasteiger partial charge in [-0.15, -0.1) is 0 Å². The van der Waals surface area contributed by atoms with Crippen molar-refractivity contribution in [2.24, 2.45) is 16.5 Å². The Hall–Kier alpha value is -1.50. The van der Waals surface area contributed by atoms with Crippen LogP contribution in [0.1, 0.15) is 19.8 Å². The quantitative estimate of drug-likeness (QED) is 0.697. The third-order valence-corrected chi connectivity index (χ3v) is 3.08. The van der Waals surface area contributed by atoms with Crippen molar-refractivity contribution in [3.8, 4) is 0 Å². The van der Waals surface area contributed by atoms with Crippen molar-refractivity contribution in [1.82, 2.24) is 5.32 Å². The zero-order valence-electron chi connectivity index (χ0n) is 9.93. The van der Waals surface area contributed by atoms with Crippen molar-refractivity contribution in [3.05, 3.63) is 23.0 Å². The molecule has 4 nitrogen and oxygen atoms in total. The van der Waals surface area contributed by atoms with Crippen LogP contribution in [0.3, 0.4) is 0 Å². The molecule has 0 saturated heterocycles. The molecule has 5 N–H and O–H groups in total. The summed E-state index contributed by atoms with van der Waals surface area (Å²) in [5.74, 6) is 0.398. The van der Waals surface area contributed by atoms with Crippen LogP contribution in [0.4, 0.5) is 13.2 Å². The zero-order valence-corrected chi connectivity index (χ0v) is 9.93. The van der Waals surface area contributed by atoms with E-state index < -0.39 is 23.8 Å². The lowest BCUT2D eigenvalue weighted by atomic mass is 9.81. The highest BCUT2D eigenvalue weighted by molar-refractivity contribution is 6.05. The Kier molecular flexibility index (Phi) is 2.89. The number of aliphatic imine (C=N–C) groups is 1. The van der Waals surface area contributed by atoms with Gasteiger partial charge in [-0.05, 0) is 12.5 Å². The van der Waals surface area contributed by atoms with Crippen LogP contribution in [0.25, 0.3) is 0 Å². The summed E-state index contributed by atoms with van der Waals surface area (Å²) in [6.45, 7) is 1.46. The maximum atomic E-state index is 12.9. The van der Waals surface area contributed by atoms with E-state index >= 15 is 0 Å². The molecule has 0 amide bonds. The maximum Gasteiger partial charge on any atom is 0.414 e. The molecule has 0 spiro atoms. The van der Waals surface area contributed by atoms with E-state index in [1.807, 2.05) is 6.92 Å². The van der Waals surface area contributed by atoms with Gasteiger partial charge in [0.05, 0.1) is 23.5 Å². The summed E-state index contributed by atoms with van der Waals surface area (Å²) in [7, 11) is 0. The molecule has 100 valence electrons. The number of nitrogens with one attached hydrogen (secondary N) is 1. The van der Waals surface area contributed by atoms with Crippen LogP contribution in [-0.4, -0.2) is 24.1 Å². The molecule has 0 aromatic carbocycles. The molecule has 2 aliphatic rings. The average Bonchev–Trinajstić information content (AvgIpc) is 2.60. The lowest BCUT2D eigenvalue weighted by molar-refractivity contribution is -0.0927. The number of fused-ring (bicyclic) bond motifs is 1. The fraction of sp³-hybridized carbons (Fsp3) is 0.545. The molecule has 0 saturated carbocycles. The van der Waals surface area contributed by atoms with Gasteiger partial charge in [0.2, 0.25) is 0 Å². The molecule has 7 heteroatoms. The van der Waals surface area contributed by atoms with Gasteiger partial charge in [0, 0.05) is 5.57 Å². The number of hydrogen-bond donors (Lipinski definition) is 3. The number of hydrogen-bond acceptors (Lipinski definition) is 4. The average molecular weight is 260 g/mol. The molecular formula is C11H15F3N4. The third-order valence-electron chi connectivity index (χ3n) is 3.08. The van der Waals surface area contributed by atoms with Crippen LogP contribution in [0.5, 0.6) is 0 Å². The minimum Gasteiger partial charge on any atom is -0.385 e. The Labute approximate surface area is 103 Å². The fourth-order valence-electron chi connectivity index (χ4n) is 2.43. The first kappa shape index (κ1) is 12.9. The van der Waals surface area contributed by atoms with E-state index in [4.69, 9.17) is 11.5 Å². The zero-order chi connectivity index (χ0) is 13.6. The van der Waals surface area contributed by atoms with Gasteiger partial charge in [-0.2, -0.15) is 13.2 Å². The summed E-state index contributed by atoms with van der Waals surface area (Å²) in [5.41, 5.74) is 9.90.